The normalized spacial score (nSPS) is 20.1. The van der Waals surface area contributed by atoms with E-state index in [0.717, 1.165) is 113 Å². The number of nitrogens with zero attached hydrogens (tertiary/aromatic N) is 4. The van der Waals surface area contributed by atoms with Gasteiger partial charge in [-0.05, 0) is 74.0 Å². The fourth-order valence-corrected chi connectivity index (χ4v) is 10.5. The summed E-state index contributed by atoms with van der Waals surface area (Å²) >= 11 is 16.4. The topological polar surface area (TPSA) is 96.1 Å². The smallest absolute Gasteiger partial charge is 0.262 e. The fraction of sp³-hybridized carbons (Fsp3) is 0.485. The van der Waals surface area contributed by atoms with Crippen molar-refractivity contribution in [3.8, 4) is 0 Å². The Hall–Kier alpha value is -2.63. The lowest BCUT2D eigenvalue weighted by Crippen LogP contribution is -2.25. The van der Waals surface area contributed by atoms with Gasteiger partial charge in [0.25, 0.3) is 11.1 Å². The number of aldehydes is 1. The Morgan fingerprint density at radius 1 is 0.778 bits per heavy atom. The zero-order valence-electron chi connectivity index (χ0n) is 24.8. The predicted molar refractivity (Wildman–Crippen MR) is 181 cm³/mol. The number of ether oxygens (including phenoxy) is 1. The van der Waals surface area contributed by atoms with E-state index in [0.29, 0.717) is 70.8 Å². The highest BCUT2D eigenvalue weighted by atomic mass is 35.5. The Kier molecular flexibility index (Phi) is 7.85. The van der Waals surface area contributed by atoms with Crippen LogP contribution in [0.4, 0.5) is 0 Å². The molecule has 0 saturated heterocycles. The first-order valence-electron chi connectivity index (χ1n) is 15.8. The molecule has 0 saturated carbocycles. The molecule has 0 fully saturated rings. The molecule has 1 atom stereocenters. The average Bonchev–Trinajstić information content (AvgIpc) is 3.41. The largest absolute Gasteiger partial charge is 0.377 e. The van der Waals surface area contributed by atoms with Crippen molar-refractivity contribution in [3.63, 3.8) is 0 Å². The summed E-state index contributed by atoms with van der Waals surface area (Å²) in [5.74, 6) is 2.01. The van der Waals surface area contributed by atoms with E-state index >= 15 is 0 Å². The number of fused-ring (bicyclic) bond motifs is 8. The standard InChI is InChI=1S/C33H32Cl2N4O4S2/c34-26-18(14-40)6-8-20-25-31(44-28(20)26)37-23-10-5-17(11-13-39(23)33(25)42)15-43-16-19-7-9-21-24-30(45-29(21)27(19)35)36-22-4-2-1-3-12-38(22)32(24)41/h14,17H,1-13,15-16H2. The summed E-state index contributed by atoms with van der Waals surface area (Å²) in [6.07, 6.45) is 10.0. The molecular weight excluding hydrogens is 651 g/mol. The lowest BCUT2D eigenvalue weighted by Gasteiger charge is -2.19. The average molecular weight is 684 g/mol. The monoisotopic (exact) mass is 682 g/mol. The third-order valence-corrected chi connectivity index (χ3v) is 13.3. The minimum Gasteiger partial charge on any atom is -0.377 e. The van der Waals surface area contributed by atoms with Crippen molar-refractivity contribution in [2.75, 3.05) is 13.2 Å². The van der Waals surface area contributed by atoms with Crippen LogP contribution < -0.4 is 11.1 Å². The number of rotatable bonds is 5. The second-order valence-electron chi connectivity index (χ2n) is 12.5. The van der Waals surface area contributed by atoms with Crippen molar-refractivity contribution in [3.05, 3.63) is 64.4 Å². The van der Waals surface area contributed by atoms with Crippen molar-refractivity contribution in [1.82, 2.24) is 19.1 Å². The number of allylic oxidation sites excluding steroid dienone is 1. The number of aryl methyl sites for hydroxylation is 4. The lowest BCUT2D eigenvalue weighted by atomic mass is 9.96. The number of aromatic nitrogens is 4. The quantitative estimate of drug-likeness (QED) is 0.220. The number of carbonyl (C=O) groups excluding carboxylic acids is 1. The molecule has 6 heterocycles. The molecule has 234 valence electrons. The Bertz CT molecular complexity index is 2090. The molecule has 8 rings (SSSR count). The van der Waals surface area contributed by atoms with Gasteiger partial charge < -0.3 is 4.74 Å². The Balaban J connectivity index is 0.972. The highest BCUT2D eigenvalue weighted by Crippen LogP contribution is 2.43. The van der Waals surface area contributed by atoms with Crippen LogP contribution in [0.3, 0.4) is 0 Å². The third kappa shape index (κ3) is 4.99. The van der Waals surface area contributed by atoms with Gasteiger partial charge in [-0.15, -0.1) is 22.7 Å². The number of carbonyl (C=O) groups is 1. The second-order valence-corrected chi connectivity index (χ2v) is 15.3. The molecule has 0 radical (unpaired) electrons. The zero-order chi connectivity index (χ0) is 30.8. The Morgan fingerprint density at radius 2 is 1.44 bits per heavy atom. The van der Waals surface area contributed by atoms with E-state index in [1.807, 2.05) is 9.13 Å². The maximum atomic E-state index is 13.7. The van der Waals surface area contributed by atoms with E-state index in [4.69, 9.17) is 37.9 Å². The molecule has 8 nitrogen and oxygen atoms in total. The molecule has 45 heavy (non-hydrogen) atoms. The van der Waals surface area contributed by atoms with Gasteiger partial charge in [0, 0.05) is 38.1 Å². The maximum absolute atomic E-state index is 13.7. The van der Waals surface area contributed by atoms with Crippen LogP contribution in [0.1, 0.15) is 77.5 Å². The first-order chi connectivity index (χ1) is 21.9. The summed E-state index contributed by atoms with van der Waals surface area (Å²) < 4.78 is 10.00. The van der Waals surface area contributed by atoms with Crippen molar-refractivity contribution >= 4 is 82.7 Å². The summed E-state index contributed by atoms with van der Waals surface area (Å²) in [5.41, 5.74) is 3.73. The molecule has 4 aromatic heterocycles. The lowest BCUT2D eigenvalue weighted by molar-refractivity contribution is -0.105. The van der Waals surface area contributed by atoms with Crippen LogP contribution in [-0.4, -0.2) is 38.6 Å². The SMILES string of the molecule is O=CC1=C(Cl)c2sc3nc4n(c(=O)c3c2CC1)CCC(COCC1=C(Cl)c2sc3nc5n(c(=O)c3c2CC1)CCCCC5)CC4. The van der Waals surface area contributed by atoms with E-state index < -0.39 is 0 Å². The van der Waals surface area contributed by atoms with Crippen LogP contribution in [0.25, 0.3) is 30.5 Å². The number of hydrogen-bond donors (Lipinski definition) is 0. The van der Waals surface area contributed by atoms with Crippen LogP contribution in [0, 0.1) is 5.92 Å². The first-order valence-corrected chi connectivity index (χ1v) is 18.2. The second kappa shape index (κ2) is 11.9. The van der Waals surface area contributed by atoms with Gasteiger partial charge >= 0.3 is 0 Å². The van der Waals surface area contributed by atoms with Crippen LogP contribution in [0.5, 0.6) is 0 Å². The molecule has 2 aliphatic heterocycles. The number of halogens is 2. The van der Waals surface area contributed by atoms with Crippen LogP contribution in [0.15, 0.2) is 20.7 Å². The zero-order valence-corrected chi connectivity index (χ0v) is 27.9. The van der Waals surface area contributed by atoms with E-state index in [9.17, 15) is 14.4 Å². The van der Waals surface area contributed by atoms with Crippen LogP contribution >= 0.6 is 45.9 Å². The van der Waals surface area contributed by atoms with E-state index in [2.05, 4.69) is 0 Å². The molecule has 0 N–H and O–H groups in total. The molecule has 2 aliphatic carbocycles. The van der Waals surface area contributed by atoms with Crippen LogP contribution in [0.2, 0.25) is 0 Å². The summed E-state index contributed by atoms with van der Waals surface area (Å²) in [5, 5.41) is 2.58. The van der Waals surface area contributed by atoms with Crippen molar-refractivity contribution in [2.24, 2.45) is 5.92 Å². The number of hydrogen-bond acceptors (Lipinski definition) is 8. The molecule has 4 aliphatic rings. The predicted octanol–water partition coefficient (Wildman–Crippen LogP) is 6.62. The van der Waals surface area contributed by atoms with Crippen LogP contribution in [-0.2, 0) is 48.3 Å². The highest BCUT2D eigenvalue weighted by Gasteiger charge is 2.29. The summed E-state index contributed by atoms with van der Waals surface area (Å²) in [4.78, 5) is 51.7. The molecule has 12 heteroatoms. The number of thiophene rings is 2. The minimum atomic E-state index is -0.00287. The first kappa shape index (κ1) is 29.8. The third-order valence-electron chi connectivity index (χ3n) is 9.88. The molecule has 0 bridgehead atoms. The maximum Gasteiger partial charge on any atom is 0.262 e. The van der Waals surface area contributed by atoms with E-state index in [1.54, 1.807) is 11.3 Å². The van der Waals surface area contributed by atoms with Gasteiger partial charge in [0.1, 0.15) is 27.6 Å². The van der Waals surface area contributed by atoms with Gasteiger partial charge in [0.2, 0.25) is 0 Å². The molecule has 0 aromatic carbocycles. The van der Waals surface area contributed by atoms with Crippen molar-refractivity contribution < 1.29 is 9.53 Å². The van der Waals surface area contributed by atoms with E-state index in [-0.39, 0.29) is 11.1 Å². The van der Waals surface area contributed by atoms with Gasteiger partial charge in [-0.2, -0.15) is 0 Å². The molecule has 0 amide bonds. The highest BCUT2D eigenvalue weighted by molar-refractivity contribution is 7.21. The Morgan fingerprint density at radius 3 is 2.18 bits per heavy atom. The summed E-state index contributed by atoms with van der Waals surface area (Å²) in [7, 11) is 0. The van der Waals surface area contributed by atoms with Crippen molar-refractivity contribution in [1.29, 1.82) is 0 Å². The molecule has 1 unspecified atom stereocenters. The fourth-order valence-electron chi connectivity index (χ4n) is 7.38. The van der Waals surface area contributed by atoms with Gasteiger partial charge in [0.15, 0.2) is 0 Å². The minimum absolute atomic E-state index is 0.00287. The van der Waals surface area contributed by atoms with Crippen molar-refractivity contribution in [2.45, 2.75) is 83.7 Å². The Labute approximate surface area is 277 Å². The molecule has 0 spiro atoms. The molecular formula is C33H32Cl2N4O4S2. The van der Waals surface area contributed by atoms with E-state index in [1.165, 1.54) is 11.3 Å². The van der Waals surface area contributed by atoms with Gasteiger partial charge in [-0.1, -0.05) is 29.6 Å². The van der Waals surface area contributed by atoms with Gasteiger partial charge in [-0.25, -0.2) is 9.97 Å². The van der Waals surface area contributed by atoms with Gasteiger partial charge in [-0.3, -0.25) is 23.5 Å². The summed E-state index contributed by atoms with van der Waals surface area (Å²) in [6.45, 7) is 2.39. The molecule has 4 aromatic rings. The summed E-state index contributed by atoms with van der Waals surface area (Å²) in [6, 6.07) is 0. The van der Waals surface area contributed by atoms with Gasteiger partial charge in [0.05, 0.1) is 37.2 Å².